The van der Waals surface area contributed by atoms with Gasteiger partial charge in [0, 0.05) is 15.4 Å². The van der Waals surface area contributed by atoms with Crippen LogP contribution >= 0.6 is 27.3 Å². The van der Waals surface area contributed by atoms with Gasteiger partial charge in [-0.25, -0.2) is 0 Å². The van der Waals surface area contributed by atoms with E-state index in [1.807, 2.05) is 11.3 Å². The predicted octanol–water partition coefficient (Wildman–Crippen LogP) is 5.23. The Kier molecular flexibility index (Phi) is 3.97. The van der Waals surface area contributed by atoms with Gasteiger partial charge in [-0.1, -0.05) is 34.6 Å². The zero-order chi connectivity index (χ0) is 13.6. The van der Waals surface area contributed by atoms with Crippen molar-refractivity contribution in [3.63, 3.8) is 0 Å². The Hall–Kier alpha value is 0.140. The van der Waals surface area contributed by atoms with Gasteiger partial charge in [-0.15, -0.1) is 11.3 Å². The minimum absolute atomic E-state index is 0.418. The summed E-state index contributed by atoms with van der Waals surface area (Å²) in [5.41, 5.74) is 0.837. The summed E-state index contributed by atoms with van der Waals surface area (Å²) in [5.74, 6) is 0.714. The Morgan fingerprint density at radius 1 is 1.33 bits per heavy atom. The van der Waals surface area contributed by atoms with Gasteiger partial charge in [-0.05, 0) is 57.1 Å². The second-order valence-corrected chi connectivity index (χ2v) is 8.29. The number of halogens is 1. The van der Waals surface area contributed by atoms with Gasteiger partial charge in [0.25, 0.3) is 0 Å². The van der Waals surface area contributed by atoms with Crippen molar-refractivity contribution in [1.82, 2.24) is 5.32 Å². The van der Waals surface area contributed by atoms with Crippen molar-refractivity contribution in [2.24, 2.45) is 16.7 Å². The Labute approximate surface area is 123 Å². The Balaban J connectivity index is 2.26. The summed E-state index contributed by atoms with van der Waals surface area (Å²) in [6.45, 7) is 12.9. The number of hydrogen-bond acceptors (Lipinski definition) is 2. The molecule has 0 spiro atoms. The van der Waals surface area contributed by atoms with E-state index in [1.54, 1.807) is 0 Å². The molecule has 1 fully saturated rings. The van der Waals surface area contributed by atoms with E-state index in [-0.39, 0.29) is 0 Å². The van der Waals surface area contributed by atoms with Crippen molar-refractivity contribution in [2.45, 2.75) is 47.1 Å². The highest BCUT2D eigenvalue weighted by Crippen LogP contribution is 2.72. The molecule has 1 aromatic heterocycles. The summed E-state index contributed by atoms with van der Waals surface area (Å²) in [6.07, 6.45) is 1.19. The number of thiophene rings is 1. The second kappa shape index (κ2) is 4.92. The smallest absolute Gasteiger partial charge is 0.0465 e. The van der Waals surface area contributed by atoms with Crippen molar-refractivity contribution < 1.29 is 0 Å². The Bertz CT molecular complexity index is 408. The average Bonchev–Trinajstić information content (AvgIpc) is 2.64. The van der Waals surface area contributed by atoms with E-state index in [1.165, 1.54) is 15.8 Å². The highest BCUT2D eigenvalue weighted by atomic mass is 79.9. The van der Waals surface area contributed by atoms with Crippen LogP contribution in [-0.2, 0) is 0 Å². The molecule has 0 amide bonds. The van der Waals surface area contributed by atoms with E-state index in [2.05, 4.69) is 67.3 Å². The van der Waals surface area contributed by atoms with Crippen LogP contribution in [0.5, 0.6) is 0 Å². The van der Waals surface area contributed by atoms with E-state index in [4.69, 9.17) is 0 Å². The minimum atomic E-state index is 0.418. The van der Waals surface area contributed by atoms with Gasteiger partial charge in [-0.2, -0.15) is 0 Å². The molecule has 102 valence electrons. The van der Waals surface area contributed by atoms with Crippen LogP contribution in [0.3, 0.4) is 0 Å². The summed E-state index contributed by atoms with van der Waals surface area (Å²) < 4.78 is 1.26. The third-order valence-corrected chi connectivity index (χ3v) is 6.96. The van der Waals surface area contributed by atoms with Crippen LogP contribution in [0, 0.1) is 16.7 Å². The van der Waals surface area contributed by atoms with Crippen LogP contribution in [0.2, 0.25) is 0 Å². The monoisotopic (exact) mass is 329 g/mol. The fourth-order valence-electron chi connectivity index (χ4n) is 3.27. The molecule has 1 nitrogen and oxygen atoms in total. The maximum atomic E-state index is 3.77. The third-order valence-electron chi connectivity index (χ3n) is 5.01. The Morgan fingerprint density at radius 2 is 1.94 bits per heavy atom. The van der Waals surface area contributed by atoms with Crippen LogP contribution in [0.4, 0.5) is 0 Å². The standard InChI is InChI=1S/C15H24BrNS/c1-6-8-17-11(12-10(16)7-9-18-12)13-14(2,3)15(13,4)5/h7,9,11,13,17H,6,8H2,1-5H3. The zero-order valence-electron chi connectivity index (χ0n) is 12.0. The van der Waals surface area contributed by atoms with E-state index < -0.39 is 0 Å². The number of hydrogen-bond donors (Lipinski definition) is 1. The average molecular weight is 330 g/mol. The van der Waals surface area contributed by atoms with Gasteiger partial charge >= 0.3 is 0 Å². The van der Waals surface area contributed by atoms with Crippen LogP contribution in [-0.4, -0.2) is 6.54 Å². The fourth-order valence-corrected chi connectivity index (χ4v) is 5.00. The zero-order valence-corrected chi connectivity index (χ0v) is 14.4. The lowest BCUT2D eigenvalue weighted by atomic mass is 10.0. The van der Waals surface area contributed by atoms with E-state index in [9.17, 15) is 0 Å². The molecule has 0 bridgehead atoms. The van der Waals surface area contributed by atoms with E-state index >= 15 is 0 Å². The van der Waals surface area contributed by atoms with Crippen LogP contribution < -0.4 is 5.32 Å². The molecule has 0 radical (unpaired) electrons. The lowest BCUT2D eigenvalue weighted by Crippen LogP contribution is -2.25. The maximum Gasteiger partial charge on any atom is 0.0465 e. The Morgan fingerprint density at radius 3 is 2.33 bits per heavy atom. The second-order valence-electron chi connectivity index (χ2n) is 6.49. The highest BCUT2D eigenvalue weighted by molar-refractivity contribution is 9.10. The number of nitrogens with one attached hydrogen (secondary N) is 1. The molecular weight excluding hydrogens is 306 g/mol. The molecule has 3 heteroatoms. The summed E-state index contributed by atoms with van der Waals surface area (Å²) in [6, 6.07) is 2.66. The van der Waals surface area contributed by atoms with E-state index in [0.29, 0.717) is 22.8 Å². The predicted molar refractivity (Wildman–Crippen MR) is 84.1 cm³/mol. The number of rotatable bonds is 5. The minimum Gasteiger partial charge on any atom is -0.309 e. The maximum absolute atomic E-state index is 3.77. The molecule has 1 aliphatic rings. The molecule has 1 aromatic rings. The highest BCUT2D eigenvalue weighted by Gasteiger charge is 2.67. The molecule has 0 saturated heterocycles. The first-order valence-electron chi connectivity index (χ1n) is 6.80. The molecular formula is C15H24BrNS. The summed E-state index contributed by atoms with van der Waals surface area (Å²) in [7, 11) is 0. The summed E-state index contributed by atoms with van der Waals surface area (Å²) >= 11 is 5.57. The molecule has 1 aliphatic carbocycles. The molecule has 1 heterocycles. The molecule has 2 rings (SSSR count). The summed E-state index contributed by atoms with van der Waals surface area (Å²) in [5, 5.41) is 5.95. The quantitative estimate of drug-likeness (QED) is 0.779. The SMILES string of the molecule is CCCNC(c1sccc1Br)C1C(C)(C)C1(C)C. The molecule has 1 N–H and O–H groups in total. The van der Waals surface area contributed by atoms with Gasteiger partial charge < -0.3 is 5.32 Å². The van der Waals surface area contributed by atoms with Crippen LogP contribution in [0.1, 0.15) is 52.0 Å². The molecule has 1 atom stereocenters. The molecule has 0 aliphatic heterocycles. The lowest BCUT2D eigenvalue weighted by molar-refractivity contribution is 0.414. The first-order chi connectivity index (χ1) is 8.34. The summed E-state index contributed by atoms with van der Waals surface area (Å²) in [4.78, 5) is 1.46. The van der Waals surface area contributed by atoms with Crippen molar-refractivity contribution >= 4 is 27.3 Å². The van der Waals surface area contributed by atoms with Gasteiger partial charge in [0.05, 0.1) is 0 Å². The van der Waals surface area contributed by atoms with Gasteiger partial charge in [-0.3, -0.25) is 0 Å². The van der Waals surface area contributed by atoms with Crippen LogP contribution in [0.25, 0.3) is 0 Å². The molecule has 0 aromatic carbocycles. The molecule has 1 saturated carbocycles. The van der Waals surface area contributed by atoms with Gasteiger partial charge in [0.15, 0.2) is 0 Å². The van der Waals surface area contributed by atoms with Crippen molar-refractivity contribution in [2.75, 3.05) is 6.54 Å². The van der Waals surface area contributed by atoms with Gasteiger partial charge in [0.2, 0.25) is 0 Å². The normalized spacial score (nSPS) is 23.0. The molecule has 1 unspecified atom stereocenters. The topological polar surface area (TPSA) is 12.0 Å². The van der Waals surface area contributed by atoms with Crippen LogP contribution in [0.15, 0.2) is 15.9 Å². The van der Waals surface area contributed by atoms with Crippen molar-refractivity contribution in [3.8, 4) is 0 Å². The van der Waals surface area contributed by atoms with Crippen molar-refractivity contribution in [1.29, 1.82) is 0 Å². The molecule has 18 heavy (non-hydrogen) atoms. The van der Waals surface area contributed by atoms with Crippen molar-refractivity contribution in [3.05, 3.63) is 20.8 Å². The fraction of sp³-hybridized carbons (Fsp3) is 0.733. The first kappa shape index (κ1) is 14.5. The largest absolute Gasteiger partial charge is 0.309 e. The lowest BCUT2D eigenvalue weighted by Gasteiger charge is -2.20. The van der Waals surface area contributed by atoms with E-state index in [0.717, 1.165) is 6.54 Å². The first-order valence-corrected chi connectivity index (χ1v) is 8.47. The third kappa shape index (κ3) is 2.19. The van der Waals surface area contributed by atoms with Gasteiger partial charge in [0.1, 0.15) is 0 Å².